The number of aromatic nitrogens is 1. The van der Waals surface area contributed by atoms with Crippen LogP contribution in [0.3, 0.4) is 0 Å². The molecular weight excluding hydrogens is 454 g/mol. The Bertz CT molecular complexity index is 1370. The first-order valence-electron chi connectivity index (χ1n) is 9.28. The van der Waals surface area contributed by atoms with Crippen LogP contribution in [-0.4, -0.2) is 25.4 Å². The molecule has 0 bridgehead atoms. The average Bonchev–Trinajstić information content (AvgIpc) is 3.20. The van der Waals surface area contributed by atoms with E-state index in [1.165, 1.54) is 43.1 Å². The lowest BCUT2D eigenvalue weighted by Crippen LogP contribution is -2.12. The van der Waals surface area contributed by atoms with Crippen LogP contribution in [0.4, 0.5) is 11.4 Å². The van der Waals surface area contributed by atoms with Gasteiger partial charge in [-0.1, -0.05) is 23.9 Å². The molecule has 0 saturated carbocycles. The number of thioether (sulfide) groups is 1. The molecule has 0 aliphatic carbocycles. The van der Waals surface area contributed by atoms with E-state index < -0.39 is 14.9 Å². The lowest BCUT2D eigenvalue weighted by atomic mass is 10.2. The number of ether oxygens (including phenoxy) is 1. The van der Waals surface area contributed by atoms with Gasteiger partial charge in [0.15, 0.2) is 5.58 Å². The van der Waals surface area contributed by atoms with Gasteiger partial charge in [-0.05, 0) is 48.0 Å². The lowest BCUT2D eigenvalue weighted by molar-refractivity contribution is -0.384. The van der Waals surface area contributed by atoms with Gasteiger partial charge in [0.25, 0.3) is 20.9 Å². The van der Waals surface area contributed by atoms with Crippen LogP contribution in [0.15, 0.2) is 81.3 Å². The van der Waals surface area contributed by atoms with Crippen LogP contribution in [0.5, 0.6) is 5.75 Å². The van der Waals surface area contributed by atoms with Gasteiger partial charge in [-0.2, -0.15) is 0 Å². The van der Waals surface area contributed by atoms with Crippen molar-refractivity contribution < 1.29 is 22.5 Å². The maximum absolute atomic E-state index is 12.7. The normalized spacial score (nSPS) is 11.4. The first kappa shape index (κ1) is 21.7. The van der Waals surface area contributed by atoms with E-state index in [1.54, 1.807) is 42.5 Å². The Morgan fingerprint density at radius 3 is 2.47 bits per heavy atom. The molecule has 32 heavy (non-hydrogen) atoms. The van der Waals surface area contributed by atoms with Gasteiger partial charge in [0.2, 0.25) is 0 Å². The summed E-state index contributed by atoms with van der Waals surface area (Å²) in [6.07, 6.45) is 0. The highest BCUT2D eigenvalue weighted by Crippen LogP contribution is 2.29. The Labute approximate surface area is 187 Å². The van der Waals surface area contributed by atoms with E-state index in [0.717, 1.165) is 5.56 Å². The Morgan fingerprint density at radius 1 is 1.09 bits per heavy atom. The molecule has 0 radical (unpaired) electrons. The first-order chi connectivity index (χ1) is 15.3. The van der Waals surface area contributed by atoms with Crippen molar-refractivity contribution in [1.29, 1.82) is 0 Å². The molecule has 11 heteroatoms. The van der Waals surface area contributed by atoms with Crippen molar-refractivity contribution in [2.75, 3.05) is 11.8 Å². The van der Waals surface area contributed by atoms with Crippen molar-refractivity contribution in [2.24, 2.45) is 0 Å². The molecule has 0 saturated heterocycles. The molecule has 164 valence electrons. The maximum Gasteiger partial charge on any atom is 0.269 e. The van der Waals surface area contributed by atoms with E-state index in [1.807, 2.05) is 0 Å². The highest BCUT2D eigenvalue weighted by Gasteiger charge is 2.17. The van der Waals surface area contributed by atoms with Crippen molar-refractivity contribution in [3.8, 4) is 5.75 Å². The summed E-state index contributed by atoms with van der Waals surface area (Å²) < 4.78 is 38.7. The van der Waals surface area contributed by atoms with E-state index in [-0.39, 0.29) is 10.6 Å². The molecule has 0 aliphatic heterocycles. The highest BCUT2D eigenvalue weighted by molar-refractivity contribution is 7.98. The fourth-order valence-electron chi connectivity index (χ4n) is 2.85. The fraction of sp³-hybridized carbons (Fsp3) is 0.0952. The Kier molecular flexibility index (Phi) is 6.01. The van der Waals surface area contributed by atoms with Gasteiger partial charge in [-0.3, -0.25) is 14.8 Å². The summed E-state index contributed by atoms with van der Waals surface area (Å²) in [5.74, 6) is 1.12. The van der Waals surface area contributed by atoms with Gasteiger partial charge in [-0.15, -0.1) is 0 Å². The Morgan fingerprint density at radius 2 is 1.81 bits per heavy atom. The van der Waals surface area contributed by atoms with Crippen molar-refractivity contribution in [1.82, 2.24) is 4.98 Å². The summed E-state index contributed by atoms with van der Waals surface area (Å²) >= 11 is 1.31. The highest BCUT2D eigenvalue weighted by atomic mass is 32.2. The molecule has 0 atom stereocenters. The molecule has 1 heterocycles. The SMILES string of the molecule is COc1ccc(NS(=O)(=O)c2ccc3oc(SCc4ccc([N+](=O)[O-])cc4)nc3c2)cc1. The number of anilines is 1. The Balaban J connectivity index is 1.48. The predicted molar refractivity (Wildman–Crippen MR) is 120 cm³/mol. The number of nitro benzene ring substituents is 1. The largest absolute Gasteiger partial charge is 0.497 e. The summed E-state index contributed by atoms with van der Waals surface area (Å²) in [5.41, 5.74) is 2.17. The summed E-state index contributed by atoms with van der Waals surface area (Å²) in [4.78, 5) is 14.7. The second-order valence-electron chi connectivity index (χ2n) is 6.66. The van der Waals surface area contributed by atoms with Crippen molar-refractivity contribution in [2.45, 2.75) is 15.9 Å². The number of benzene rings is 3. The van der Waals surface area contributed by atoms with E-state index in [9.17, 15) is 18.5 Å². The molecule has 1 N–H and O–H groups in total. The minimum atomic E-state index is -3.82. The predicted octanol–water partition coefficient (Wildman–Crippen LogP) is 4.84. The number of rotatable bonds is 8. The van der Waals surface area contributed by atoms with Crippen molar-refractivity contribution in [3.63, 3.8) is 0 Å². The molecule has 4 aromatic rings. The number of nitro groups is 1. The molecule has 0 unspecified atom stereocenters. The second-order valence-corrected chi connectivity index (χ2v) is 9.26. The molecule has 0 spiro atoms. The fourth-order valence-corrected chi connectivity index (χ4v) is 4.72. The molecule has 4 rings (SSSR count). The summed E-state index contributed by atoms with van der Waals surface area (Å²) in [5, 5.41) is 11.1. The summed E-state index contributed by atoms with van der Waals surface area (Å²) in [6.45, 7) is 0. The number of non-ortho nitro benzene ring substituents is 1. The zero-order valence-electron chi connectivity index (χ0n) is 16.7. The standard InChI is InChI=1S/C21H17N3O6S2/c1-29-17-8-4-15(5-9-17)23-32(27,28)18-10-11-20-19(12-18)22-21(30-20)31-13-14-2-6-16(7-3-14)24(25)26/h2-12,23H,13H2,1H3. The zero-order valence-corrected chi connectivity index (χ0v) is 18.4. The molecule has 1 aromatic heterocycles. The van der Waals surface area contributed by atoms with E-state index in [2.05, 4.69) is 9.71 Å². The number of oxazole rings is 1. The van der Waals surface area contributed by atoms with Crippen LogP contribution in [0, 0.1) is 10.1 Å². The van der Waals surface area contributed by atoms with Gasteiger partial charge in [-0.25, -0.2) is 13.4 Å². The maximum atomic E-state index is 12.7. The van der Waals surface area contributed by atoms with Gasteiger partial charge in [0.05, 0.1) is 16.9 Å². The number of hydrogen-bond donors (Lipinski definition) is 1. The van der Waals surface area contributed by atoms with Crippen LogP contribution in [0.2, 0.25) is 0 Å². The molecule has 0 fully saturated rings. The van der Waals surface area contributed by atoms with Crippen LogP contribution in [-0.2, 0) is 15.8 Å². The quantitative estimate of drug-likeness (QED) is 0.220. The molecule has 9 nitrogen and oxygen atoms in total. The van der Waals surface area contributed by atoms with Crippen molar-refractivity contribution in [3.05, 3.63) is 82.4 Å². The zero-order chi connectivity index (χ0) is 22.7. The number of nitrogens with zero attached hydrogens (tertiary/aromatic N) is 2. The molecule has 3 aromatic carbocycles. The van der Waals surface area contributed by atoms with Crippen LogP contribution in [0.25, 0.3) is 11.1 Å². The number of hydrogen-bond acceptors (Lipinski definition) is 8. The number of fused-ring (bicyclic) bond motifs is 1. The summed E-state index contributed by atoms with van der Waals surface area (Å²) in [6, 6.07) is 17.2. The topological polar surface area (TPSA) is 125 Å². The minimum Gasteiger partial charge on any atom is -0.497 e. The van der Waals surface area contributed by atoms with Gasteiger partial charge in [0, 0.05) is 23.6 Å². The third-order valence-electron chi connectivity index (χ3n) is 4.50. The smallest absolute Gasteiger partial charge is 0.269 e. The van der Waals surface area contributed by atoms with Gasteiger partial charge < -0.3 is 9.15 Å². The number of nitrogens with one attached hydrogen (secondary N) is 1. The van der Waals surface area contributed by atoms with Gasteiger partial charge in [0.1, 0.15) is 11.3 Å². The first-order valence-corrected chi connectivity index (χ1v) is 11.7. The van der Waals surface area contributed by atoms with Crippen LogP contribution >= 0.6 is 11.8 Å². The third kappa shape index (κ3) is 4.84. The lowest BCUT2D eigenvalue weighted by Gasteiger charge is -2.08. The van der Waals surface area contributed by atoms with Crippen molar-refractivity contribution >= 4 is 44.3 Å². The Hall–Kier alpha value is -3.57. The number of sulfonamides is 1. The molecular formula is C21H17N3O6S2. The number of methoxy groups -OCH3 is 1. The molecule has 0 aliphatic rings. The average molecular weight is 472 g/mol. The monoisotopic (exact) mass is 471 g/mol. The second kappa shape index (κ2) is 8.89. The van der Waals surface area contributed by atoms with E-state index >= 15 is 0 Å². The van der Waals surface area contributed by atoms with Gasteiger partial charge >= 0.3 is 0 Å². The molecule has 0 amide bonds. The summed E-state index contributed by atoms with van der Waals surface area (Å²) in [7, 11) is -2.28. The minimum absolute atomic E-state index is 0.0256. The van der Waals surface area contributed by atoms with Crippen LogP contribution < -0.4 is 9.46 Å². The van der Waals surface area contributed by atoms with E-state index in [0.29, 0.717) is 33.5 Å². The van der Waals surface area contributed by atoms with Crippen LogP contribution in [0.1, 0.15) is 5.56 Å². The van der Waals surface area contributed by atoms with E-state index in [4.69, 9.17) is 9.15 Å². The third-order valence-corrected chi connectivity index (χ3v) is 6.78.